The van der Waals surface area contributed by atoms with Crippen molar-refractivity contribution in [1.29, 1.82) is 0 Å². The number of nitrogens with zero attached hydrogens (tertiary/aromatic N) is 4. The molecule has 4 rings (SSSR count). The van der Waals surface area contributed by atoms with Crippen molar-refractivity contribution < 1.29 is 28.5 Å². The summed E-state index contributed by atoms with van der Waals surface area (Å²) in [5, 5.41) is 31.3. The molecule has 0 unspecified atom stereocenters. The van der Waals surface area contributed by atoms with Crippen LogP contribution in [0.3, 0.4) is 0 Å². The summed E-state index contributed by atoms with van der Waals surface area (Å²) in [5.41, 5.74) is 0.332. The smallest absolute Gasteiger partial charge is 0.289 e. The van der Waals surface area contributed by atoms with E-state index in [1.165, 1.54) is 18.2 Å². The molecule has 0 saturated carbocycles. The van der Waals surface area contributed by atoms with Crippen molar-refractivity contribution in [2.45, 2.75) is 26.7 Å². The molecule has 35 heavy (non-hydrogen) atoms. The van der Waals surface area contributed by atoms with Crippen LogP contribution in [0.4, 0.5) is 14.5 Å². The highest BCUT2D eigenvalue weighted by atomic mass is 19.1. The minimum atomic E-state index is -0.930. The first kappa shape index (κ1) is 24.4. The molecule has 0 atom stereocenters. The number of carbonyl (C=O) groups is 1. The second kappa shape index (κ2) is 9.87. The number of hydrogen-bond acceptors (Lipinski definition) is 7. The molecule has 1 fully saturated rings. The van der Waals surface area contributed by atoms with Gasteiger partial charge in [0.15, 0.2) is 17.5 Å². The van der Waals surface area contributed by atoms with E-state index in [0.29, 0.717) is 37.6 Å². The molecule has 0 bridgehead atoms. The molecule has 2 heterocycles. The first-order valence-corrected chi connectivity index (χ1v) is 11.3. The number of aromatic nitrogens is 3. The molecule has 1 aromatic heterocycles. The van der Waals surface area contributed by atoms with E-state index >= 15 is 8.78 Å². The fourth-order valence-electron chi connectivity index (χ4n) is 4.06. The number of halogens is 2. The molecule has 9 nitrogen and oxygen atoms in total. The van der Waals surface area contributed by atoms with E-state index in [-0.39, 0.29) is 41.2 Å². The Bertz CT molecular complexity index is 1230. The van der Waals surface area contributed by atoms with Crippen molar-refractivity contribution in [3.8, 4) is 28.6 Å². The van der Waals surface area contributed by atoms with Crippen molar-refractivity contribution in [1.82, 2.24) is 20.1 Å². The predicted molar refractivity (Wildman–Crippen MR) is 125 cm³/mol. The number of ether oxygens (including phenoxy) is 1. The van der Waals surface area contributed by atoms with Gasteiger partial charge in [-0.25, -0.2) is 8.78 Å². The van der Waals surface area contributed by atoms with Gasteiger partial charge < -0.3 is 25.2 Å². The van der Waals surface area contributed by atoms with Crippen LogP contribution in [-0.4, -0.2) is 63.7 Å². The molecule has 1 saturated heterocycles. The lowest BCUT2D eigenvalue weighted by molar-refractivity contribution is 0.0943. The van der Waals surface area contributed by atoms with Gasteiger partial charge in [-0.3, -0.25) is 9.36 Å². The van der Waals surface area contributed by atoms with E-state index in [9.17, 15) is 15.0 Å². The molecule has 1 aliphatic heterocycles. The van der Waals surface area contributed by atoms with Gasteiger partial charge in [0.05, 0.1) is 18.8 Å². The number of aromatic hydroxyl groups is 2. The molecule has 1 amide bonds. The molecule has 2 aromatic carbocycles. The number of carbonyl (C=O) groups excluding carboxylic acids is 1. The summed E-state index contributed by atoms with van der Waals surface area (Å²) >= 11 is 0. The summed E-state index contributed by atoms with van der Waals surface area (Å²) in [5.74, 6) is -3.70. The van der Waals surface area contributed by atoms with Crippen LogP contribution < -0.4 is 10.2 Å². The molecule has 11 heteroatoms. The topological polar surface area (TPSA) is 113 Å². The Morgan fingerprint density at radius 2 is 1.74 bits per heavy atom. The first-order chi connectivity index (χ1) is 16.7. The zero-order chi connectivity index (χ0) is 25.3. The molecular weight excluding hydrogens is 460 g/mol. The van der Waals surface area contributed by atoms with Gasteiger partial charge in [0.2, 0.25) is 5.82 Å². The third-order valence-corrected chi connectivity index (χ3v) is 5.81. The number of anilines is 1. The number of hydrogen-bond donors (Lipinski definition) is 3. The second-order valence-corrected chi connectivity index (χ2v) is 8.48. The minimum Gasteiger partial charge on any atom is -0.508 e. The Kier molecular flexibility index (Phi) is 6.88. The molecule has 0 aliphatic carbocycles. The molecule has 186 valence electrons. The van der Waals surface area contributed by atoms with Crippen LogP contribution in [0, 0.1) is 11.6 Å². The molecule has 0 radical (unpaired) electrons. The fraction of sp³-hybridized carbons (Fsp3) is 0.375. The van der Waals surface area contributed by atoms with Crippen LogP contribution in [0.2, 0.25) is 0 Å². The fourth-order valence-corrected chi connectivity index (χ4v) is 4.06. The molecule has 3 N–H and O–H groups in total. The maximum Gasteiger partial charge on any atom is 0.289 e. The lowest BCUT2D eigenvalue weighted by Crippen LogP contribution is -2.36. The molecule has 0 spiro atoms. The summed E-state index contributed by atoms with van der Waals surface area (Å²) in [6.07, 6.45) is 0. The van der Waals surface area contributed by atoms with E-state index in [2.05, 4.69) is 15.5 Å². The van der Waals surface area contributed by atoms with Crippen LogP contribution in [0.5, 0.6) is 11.5 Å². The Morgan fingerprint density at radius 3 is 2.34 bits per heavy atom. The second-order valence-electron chi connectivity index (χ2n) is 8.48. The van der Waals surface area contributed by atoms with Crippen molar-refractivity contribution >= 4 is 11.6 Å². The van der Waals surface area contributed by atoms with E-state index in [1.54, 1.807) is 11.8 Å². The number of benzene rings is 2. The van der Waals surface area contributed by atoms with Crippen LogP contribution in [0.25, 0.3) is 17.1 Å². The molecular formula is C24H27F2N5O4. The maximum absolute atomic E-state index is 15.5. The van der Waals surface area contributed by atoms with E-state index in [4.69, 9.17) is 4.74 Å². The maximum atomic E-state index is 15.5. The highest BCUT2D eigenvalue weighted by Gasteiger charge is 2.28. The number of morpholine rings is 1. The monoisotopic (exact) mass is 487 g/mol. The van der Waals surface area contributed by atoms with Crippen LogP contribution in [-0.2, 0) is 4.74 Å². The predicted octanol–water partition coefficient (Wildman–Crippen LogP) is 3.33. The van der Waals surface area contributed by atoms with Crippen molar-refractivity contribution in [3.63, 3.8) is 0 Å². The average molecular weight is 488 g/mol. The van der Waals surface area contributed by atoms with Gasteiger partial charge in [0.25, 0.3) is 5.91 Å². The van der Waals surface area contributed by atoms with Crippen molar-refractivity contribution in [3.05, 3.63) is 47.3 Å². The third-order valence-electron chi connectivity index (χ3n) is 5.81. The number of phenols is 2. The van der Waals surface area contributed by atoms with Gasteiger partial charge in [0.1, 0.15) is 17.2 Å². The zero-order valence-electron chi connectivity index (χ0n) is 19.7. The van der Waals surface area contributed by atoms with Crippen LogP contribution in [0.1, 0.15) is 42.9 Å². The van der Waals surface area contributed by atoms with Gasteiger partial charge in [-0.1, -0.05) is 13.8 Å². The Morgan fingerprint density at radius 1 is 1.09 bits per heavy atom. The lowest BCUT2D eigenvalue weighted by atomic mass is 9.98. The Hall–Kier alpha value is -3.73. The number of amides is 1. The summed E-state index contributed by atoms with van der Waals surface area (Å²) in [6.45, 7) is 7.48. The standard InChI is InChI=1S/C24H27F2N5O4/c1-4-27-24(34)23-29-28-22(16-11-15(13(2)3)19(32)12-20(16)33)31(23)21-17(25)9-14(10-18(21)26)30-5-7-35-8-6-30/h9-13,32-33H,4-8H2,1-3H3,(H,27,34). The first-order valence-electron chi connectivity index (χ1n) is 11.3. The van der Waals surface area contributed by atoms with Gasteiger partial charge in [-0.15, -0.1) is 10.2 Å². The van der Waals surface area contributed by atoms with Gasteiger partial charge in [-0.05, 0) is 36.6 Å². The zero-order valence-corrected chi connectivity index (χ0v) is 19.7. The largest absolute Gasteiger partial charge is 0.508 e. The van der Waals surface area contributed by atoms with Crippen molar-refractivity contribution in [2.75, 3.05) is 37.7 Å². The summed E-state index contributed by atoms with van der Waals surface area (Å²) in [4.78, 5) is 14.5. The number of phenolic OH excluding ortho intramolecular Hbond substituents is 2. The van der Waals surface area contributed by atoms with E-state index in [0.717, 1.165) is 10.6 Å². The lowest BCUT2D eigenvalue weighted by Gasteiger charge is -2.29. The Labute approximate surface area is 201 Å². The molecule has 3 aromatic rings. The van der Waals surface area contributed by atoms with Gasteiger partial charge in [0, 0.05) is 31.4 Å². The summed E-state index contributed by atoms with van der Waals surface area (Å²) in [6, 6.07) is 4.97. The quantitative estimate of drug-likeness (QED) is 0.489. The highest BCUT2D eigenvalue weighted by Crippen LogP contribution is 2.39. The van der Waals surface area contributed by atoms with Crippen LogP contribution >= 0.6 is 0 Å². The van der Waals surface area contributed by atoms with E-state index in [1.807, 2.05) is 13.8 Å². The average Bonchev–Trinajstić information content (AvgIpc) is 3.23. The number of nitrogens with one attached hydrogen (secondary N) is 1. The summed E-state index contributed by atoms with van der Waals surface area (Å²) in [7, 11) is 0. The van der Waals surface area contributed by atoms with Crippen LogP contribution in [0.15, 0.2) is 24.3 Å². The number of rotatable bonds is 6. The molecule has 1 aliphatic rings. The third kappa shape index (κ3) is 4.63. The van der Waals surface area contributed by atoms with E-state index < -0.39 is 23.2 Å². The van der Waals surface area contributed by atoms with Crippen molar-refractivity contribution in [2.24, 2.45) is 0 Å². The highest BCUT2D eigenvalue weighted by molar-refractivity contribution is 5.92. The minimum absolute atomic E-state index is 0.0607. The summed E-state index contributed by atoms with van der Waals surface area (Å²) < 4.78 is 37.3. The normalized spacial score (nSPS) is 13.9. The van der Waals surface area contributed by atoms with Gasteiger partial charge >= 0.3 is 0 Å². The van der Waals surface area contributed by atoms with Gasteiger partial charge in [-0.2, -0.15) is 0 Å². The Balaban J connectivity index is 1.93. The SMILES string of the molecule is CCNC(=O)c1nnc(-c2cc(C(C)C)c(O)cc2O)n1-c1c(F)cc(N2CCOCC2)cc1F.